The molecule has 0 bridgehead atoms. The van der Waals surface area contributed by atoms with Crippen LogP contribution in [-0.4, -0.2) is 63.5 Å². The number of rotatable bonds is 8. The maximum absolute atomic E-state index is 11.0. The van der Waals surface area contributed by atoms with Gasteiger partial charge in [0.15, 0.2) is 0 Å². The Morgan fingerprint density at radius 1 is 1.43 bits per heavy atom. The highest BCUT2D eigenvalue weighted by molar-refractivity contribution is 7.98. The second-order valence-electron chi connectivity index (χ2n) is 4.78. The van der Waals surface area contributed by atoms with Crippen molar-refractivity contribution < 1.29 is 29.7 Å². The summed E-state index contributed by atoms with van der Waals surface area (Å²) in [6.07, 6.45) is 6.37. The molecule has 4 N–H and O–H groups in total. The minimum Gasteiger partial charge on any atom is -0.480 e. The minimum absolute atomic E-state index is 0.0840. The number of hydrogen-bond acceptors (Lipinski definition) is 6. The van der Waals surface area contributed by atoms with Crippen LogP contribution in [0.4, 0.5) is 0 Å². The van der Waals surface area contributed by atoms with Crippen LogP contribution < -0.4 is 5.32 Å². The summed E-state index contributed by atoms with van der Waals surface area (Å²) in [5.41, 5.74) is 0.228. The molecule has 0 aromatic heterocycles. The summed E-state index contributed by atoms with van der Waals surface area (Å²) in [7, 11) is 0. The van der Waals surface area contributed by atoms with E-state index in [1.54, 1.807) is 0 Å². The van der Waals surface area contributed by atoms with Gasteiger partial charge in [0.05, 0.1) is 0 Å². The van der Waals surface area contributed by atoms with Crippen molar-refractivity contribution in [3.8, 4) is 0 Å². The number of carboxylic acid groups (broad SMARTS) is 3. The highest BCUT2D eigenvalue weighted by atomic mass is 32.2. The molecule has 0 aromatic rings. The zero-order valence-electron chi connectivity index (χ0n) is 12.4. The van der Waals surface area contributed by atoms with Crippen molar-refractivity contribution in [2.24, 2.45) is 4.99 Å². The Morgan fingerprint density at radius 3 is 2.65 bits per heavy atom. The summed E-state index contributed by atoms with van der Waals surface area (Å²) in [4.78, 5) is 37.0. The van der Waals surface area contributed by atoms with Crippen molar-refractivity contribution in [3.05, 3.63) is 23.4 Å². The standard InChI is InChI=1S/C14H18N2O6S/c1-23-5-3-9(12(17)18)15-4-2-8-6-10(13(19)20)16-11(7-8)14(21)22/h2,4,6,9,11,16H,3,5,7H2,1H3,(H,17,18)(H,19,20)(H,21,22)/b8-2-,15-4?/t9-,11-/m0/s1. The first kappa shape index (κ1) is 18.8. The van der Waals surface area contributed by atoms with Crippen LogP contribution in [0.15, 0.2) is 28.4 Å². The molecule has 23 heavy (non-hydrogen) atoms. The zero-order valence-corrected chi connectivity index (χ0v) is 13.2. The average Bonchev–Trinajstić information content (AvgIpc) is 2.49. The molecule has 2 atom stereocenters. The van der Waals surface area contributed by atoms with Gasteiger partial charge < -0.3 is 20.6 Å². The molecule has 0 radical (unpaired) electrons. The molecule has 8 nitrogen and oxygen atoms in total. The SMILES string of the molecule is CSCC[C@H](N=C/C=C1/C=C(C(=O)O)N[C@H](C(=O)O)C1)C(=O)O. The lowest BCUT2D eigenvalue weighted by Crippen LogP contribution is -2.41. The van der Waals surface area contributed by atoms with Gasteiger partial charge in [-0.05, 0) is 36.2 Å². The first-order valence-corrected chi connectivity index (χ1v) is 8.13. The molecule has 1 rings (SSSR count). The van der Waals surface area contributed by atoms with E-state index in [0.29, 0.717) is 17.7 Å². The lowest BCUT2D eigenvalue weighted by Gasteiger charge is -2.21. The van der Waals surface area contributed by atoms with Crippen molar-refractivity contribution >= 4 is 35.9 Å². The number of carbonyl (C=O) groups is 3. The van der Waals surface area contributed by atoms with Crippen LogP contribution in [0, 0.1) is 0 Å². The monoisotopic (exact) mass is 342 g/mol. The number of nitrogens with zero attached hydrogens (tertiary/aromatic N) is 1. The van der Waals surface area contributed by atoms with Gasteiger partial charge in [0.2, 0.25) is 0 Å². The van der Waals surface area contributed by atoms with Crippen LogP contribution in [0.5, 0.6) is 0 Å². The van der Waals surface area contributed by atoms with E-state index in [9.17, 15) is 14.4 Å². The van der Waals surface area contributed by atoms with E-state index in [0.717, 1.165) is 0 Å². The van der Waals surface area contributed by atoms with Gasteiger partial charge in [0, 0.05) is 12.6 Å². The van der Waals surface area contributed by atoms with Crippen LogP contribution in [0.2, 0.25) is 0 Å². The van der Waals surface area contributed by atoms with Gasteiger partial charge in [-0.2, -0.15) is 11.8 Å². The van der Waals surface area contributed by atoms with Crippen molar-refractivity contribution in [2.45, 2.75) is 24.9 Å². The number of hydrogen-bond donors (Lipinski definition) is 4. The number of aliphatic imine (C=N–C) groups is 1. The van der Waals surface area contributed by atoms with Crippen LogP contribution in [0.25, 0.3) is 0 Å². The number of nitrogens with one attached hydrogen (secondary N) is 1. The van der Waals surface area contributed by atoms with Crippen LogP contribution in [0.1, 0.15) is 12.8 Å². The van der Waals surface area contributed by atoms with E-state index >= 15 is 0 Å². The number of allylic oxidation sites excluding steroid dienone is 2. The largest absolute Gasteiger partial charge is 0.480 e. The molecule has 0 saturated heterocycles. The van der Waals surface area contributed by atoms with E-state index in [2.05, 4.69) is 10.3 Å². The molecule has 1 heterocycles. The molecule has 0 aromatic carbocycles. The molecule has 0 saturated carbocycles. The van der Waals surface area contributed by atoms with E-state index < -0.39 is 30.0 Å². The number of aliphatic carboxylic acids is 3. The van der Waals surface area contributed by atoms with Gasteiger partial charge in [-0.3, -0.25) is 4.99 Å². The Kier molecular flexibility index (Phi) is 7.33. The zero-order chi connectivity index (χ0) is 17.4. The quantitative estimate of drug-likeness (QED) is 0.471. The molecule has 0 spiro atoms. The smallest absolute Gasteiger partial charge is 0.351 e. The normalized spacial score (nSPS) is 20.8. The van der Waals surface area contributed by atoms with Crippen LogP contribution in [0.3, 0.4) is 0 Å². The molecule has 126 valence electrons. The number of carboxylic acids is 3. The number of thioether (sulfide) groups is 1. The molecule has 9 heteroatoms. The maximum Gasteiger partial charge on any atom is 0.351 e. The molecule has 0 unspecified atom stereocenters. The van der Waals surface area contributed by atoms with E-state index in [1.807, 2.05) is 6.26 Å². The second-order valence-corrected chi connectivity index (χ2v) is 5.76. The first-order valence-electron chi connectivity index (χ1n) is 6.73. The van der Waals surface area contributed by atoms with Crippen molar-refractivity contribution in [1.29, 1.82) is 0 Å². The Hall–Kier alpha value is -2.29. The van der Waals surface area contributed by atoms with Crippen LogP contribution >= 0.6 is 11.8 Å². The molecule has 0 aliphatic carbocycles. The Bertz CT molecular complexity index is 570. The van der Waals surface area contributed by atoms with Gasteiger partial charge in [-0.25, -0.2) is 14.4 Å². The van der Waals surface area contributed by atoms with E-state index in [4.69, 9.17) is 15.3 Å². The summed E-state index contributed by atoms with van der Waals surface area (Å²) in [6, 6.07) is -1.92. The molecule has 1 aliphatic rings. The van der Waals surface area contributed by atoms with Crippen molar-refractivity contribution in [2.75, 3.05) is 12.0 Å². The van der Waals surface area contributed by atoms with Gasteiger partial charge in [0.25, 0.3) is 0 Å². The molecule has 1 aliphatic heterocycles. The maximum atomic E-state index is 11.0. The van der Waals surface area contributed by atoms with Crippen LogP contribution in [-0.2, 0) is 14.4 Å². The van der Waals surface area contributed by atoms with Crippen molar-refractivity contribution in [1.82, 2.24) is 5.32 Å². The Labute approximate surface area is 137 Å². The fourth-order valence-electron chi connectivity index (χ4n) is 1.88. The highest BCUT2D eigenvalue weighted by Gasteiger charge is 2.26. The third-order valence-electron chi connectivity index (χ3n) is 3.06. The fourth-order valence-corrected chi connectivity index (χ4v) is 2.34. The van der Waals surface area contributed by atoms with Gasteiger partial charge in [-0.15, -0.1) is 0 Å². The topological polar surface area (TPSA) is 136 Å². The van der Waals surface area contributed by atoms with Crippen molar-refractivity contribution in [3.63, 3.8) is 0 Å². The Balaban J connectivity index is 2.89. The molecular weight excluding hydrogens is 324 g/mol. The molecule has 0 amide bonds. The average molecular weight is 342 g/mol. The van der Waals surface area contributed by atoms with Gasteiger partial charge in [-0.1, -0.05) is 0 Å². The van der Waals surface area contributed by atoms with E-state index in [1.165, 1.54) is 30.1 Å². The predicted octanol–water partition coefficient (Wildman–Crippen LogP) is 0.605. The second kappa shape index (κ2) is 8.99. The minimum atomic E-state index is -1.26. The summed E-state index contributed by atoms with van der Waals surface area (Å²) in [5, 5.41) is 29.4. The van der Waals surface area contributed by atoms with E-state index in [-0.39, 0.29) is 12.1 Å². The fraction of sp³-hybridized carbons (Fsp3) is 0.429. The lowest BCUT2D eigenvalue weighted by atomic mass is 10.00. The summed E-state index contributed by atoms with van der Waals surface area (Å²) >= 11 is 1.51. The molecular formula is C14H18N2O6S. The first-order chi connectivity index (χ1) is 10.8. The van der Waals surface area contributed by atoms with Gasteiger partial charge in [0.1, 0.15) is 17.8 Å². The third kappa shape index (κ3) is 6.15. The third-order valence-corrected chi connectivity index (χ3v) is 3.71. The summed E-state index contributed by atoms with van der Waals surface area (Å²) in [5.74, 6) is -2.81. The highest BCUT2D eigenvalue weighted by Crippen LogP contribution is 2.16. The Morgan fingerprint density at radius 2 is 2.13 bits per heavy atom. The summed E-state index contributed by atoms with van der Waals surface area (Å²) < 4.78 is 0. The lowest BCUT2D eigenvalue weighted by molar-refractivity contribution is -0.140. The summed E-state index contributed by atoms with van der Waals surface area (Å²) in [6.45, 7) is 0. The predicted molar refractivity (Wildman–Crippen MR) is 85.9 cm³/mol. The van der Waals surface area contributed by atoms with Gasteiger partial charge >= 0.3 is 17.9 Å². The molecule has 0 fully saturated rings.